The molecule has 0 aliphatic rings. The first kappa shape index (κ1) is 35.2. The Balaban J connectivity index is 0.954. The number of para-hydroxylation sites is 4. The molecule has 0 amide bonds. The average molecular weight is 807 g/mol. The summed E-state index contributed by atoms with van der Waals surface area (Å²) in [6.07, 6.45) is 0. The molecule has 4 heterocycles. The minimum atomic E-state index is 0.549. The molecule has 13 rings (SSSR count). The van der Waals surface area contributed by atoms with Gasteiger partial charge in [0.05, 0.1) is 11.0 Å². The molecule has 0 saturated carbocycles. The molecule has 0 radical (unpaired) electrons. The number of benzene rings is 9. The van der Waals surface area contributed by atoms with Crippen LogP contribution in [-0.2, 0) is 0 Å². The molecule has 0 bridgehead atoms. The highest BCUT2D eigenvalue weighted by molar-refractivity contribution is 6.15. The highest BCUT2D eigenvalue weighted by atomic mass is 16.3. The second kappa shape index (κ2) is 14.0. The molecule has 0 aliphatic heterocycles. The van der Waals surface area contributed by atoms with E-state index in [1.807, 2.05) is 30.3 Å². The molecule has 0 spiro atoms. The standard InChI is InChI=1S/C57H34N4O2/c1-3-13-35(14-4-1)36-15-11-16-38(31-36)55-58-56(39-25-28-45-44-20-8-10-24-50(44)62-52(45)33-39)60-57(59-55)40-26-29-46-48-32-37(27-30-51(48)63-53(46)34-40)42-21-12-22-47-43-19-7-9-23-49(43)61(54(42)47)41-17-5-2-6-18-41/h1-34H. The topological polar surface area (TPSA) is 69.9 Å². The Hall–Kier alpha value is -8.61. The predicted molar refractivity (Wildman–Crippen MR) is 256 cm³/mol. The summed E-state index contributed by atoms with van der Waals surface area (Å²) in [6.45, 7) is 0. The van der Waals surface area contributed by atoms with E-state index in [-0.39, 0.29) is 0 Å². The van der Waals surface area contributed by atoms with Gasteiger partial charge in [0.15, 0.2) is 17.5 Å². The number of nitrogens with zero attached hydrogens (tertiary/aromatic N) is 4. The van der Waals surface area contributed by atoms with E-state index in [9.17, 15) is 0 Å². The maximum Gasteiger partial charge on any atom is 0.164 e. The zero-order valence-corrected chi connectivity index (χ0v) is 33.7. The second-order valence-corrected chi connectivity index (χ2v) is 16.0. The first-order valence-electron chi connectivity index (χ1n) is 21.1. The zero-order valence-electron chi connectivity index (χ0n) is 33.7. The predicted octanol–water partition coefficient (Wildman–Crippen LogP) is 15.1. The van der Waals surface area contributed by atoms with Gasteiger partial charge >= 0.3 is 0 Å². The lowest BCUT2D eigenvalue weighted by Gasteiger charge is -2.11. The van der Waals surface area contributed by atoms with Gasteiger partial charge in [0.1, 0.15) is 22.3 Å². The summed E-state index contributed by atoms with van der Waals surface area (Å²) in [5.41, 5.74) is 13.7. The lowest BCUT2D eigenvalue weighted by molar-refractivity contribution is 0.668. The molecule has 4 aromatic heterocycles. The smallest absolute Gasteiger partial charge is 0.164 e. The van der Waals surface area contributed by atoms with E-state index in [2.05, 4.69) is 180 Å². The fraction of sp³-hybridized carbons (Fsp3) is 0. The molecule has 63 heavy (non-hydrogen) atoms. The van der Waals surface area contributed by atoms with Gasteiger partial charge in [-0.1, -0.05) is 140 Å². The Morgan fingerprint density at radius 2 is 0.825 bits per heavy atom. The van der Waals surface area contributed by atoms with Gasteiger partial charge < -0.3 is 13.4 Å². The van der Waals surface area contributed by atoms with Crippen molar-refractivity contribution in [1.82, 2.24) is 19.5 Å². The number of fused-ring (bicyclic) bond motifs is 9. The Kier molecular flexibility index (Phi) is 7.80. The highest BCUT2D eigenvalue weighted by Gasteiger charge is 2.20. The summed E-state index contributed by atoms with van der Waals surface area (Å²) in [5.74, 6) is 1.68. The monoisotopic (exact) mass is 806 g/mol. The summed E-state index contributed by atoms with van der Waals surface area (Å²) in [4.78, 5) is 15.4. The van der Waals surface area contributed by atoms with Crippen LogP contribution in [0, 0.1) is 0 Å². The van der Waals surface area contributed by atoms with Gasteiger partial charge in [0, 0.05) is 60.3 Å². The summed E-state index contributed by atoms with van der Waals surface area (Å²) >= 11 is 0. The van der Waals surface area contributed by atoms with E-state index in [0.29, 0.717) is 17.5 Å². The summed E-state index contributed by atoms with van der Waals surface area (Å²) < 4.78 is 15.3. The third-order valence-electron chi connectivity index (χ3n) is 12.2. The quantitative estimate of drug-likeness (QED) is 0.167. The van der Waals surface area contributed by atoms with Crippen molar-refractivity contribution in [3.8, 4) is 62.1 Å². The number of aromatic nitrogens is 4. The molecule has 6 nitrogen and oxygen atoms in total. The van der Waals surface area contributed by atoms with Crippen LogP contribution in [0.15, 0.2) is 215 Å². The van der Waals surface area contributed by atoms with E-state index in [4.69, 9.17) is 23.8 Å². The van der Waals surface area contributed by atoms with E-state index in [0.717, 1.165) is 88.5 Å². The average Bonchev–Trinajstić information content (AvgIpc) is 4.03. The van der Waals surface area contributed by atoms with Crippen molar-refractivity contribution in [3.63, 3.8) is 0 Å². The number of hydrogen-bond donors (Lipinski definition) is 0. The first-order chi connectivity index (χ1) is 31.2. The zero-order chi connectivity index (χ0) is 41.4. The fourth-order valence-corrected chi connectivity index (χ4v) is 9.28. The van der Waals surface area contributed by atoms with Crippen molar-refractivity contribution < 1.29 is 8.83 Å². The second-order valence-electron chi connectivity index (χ2n) is 16.0. The van der Waals surface area contributed by atoms with Crippen LogP contribution in [0.3, 0.4) is 0 Å². The number of furan rings is 2. The molecule has 294 valence electrons. The van der Waals surface area contributed by atoms with Crippen molar-refractivity contribution in [3.05, 3.63) is 206 Å². The van der Waals surface area contributed by atoms with Crippen LogP contribution in [-0.4, -0.2) is 19.5 Å². The summed E-state index contributed by atoms with van der Waals surface area (Å²) in [6, 6.07) is 71.6. The van der Waals surface area contributed by atoms with Crippen LogP contribution in [0.5, 0.6) is 0 Å². The Bertz CT molecular complexity index is 3920. The van der Waals surface area contributed by atoms with Crippen molar-refractivity contribution in [2.24, 2.45) is 0 Å². The van der Waals surface area contributed by atoms with E-state index >= 15 is 0 Å². The van der Waals surface area contributed by atoms with Crippen molar-refractivity contribution >= 4 is 65.7 Å². The van der Waals surface area contributed by atoms with Crippen LogP contribution >= 0.6 is 0 Å². The molecule has 6 heteroatoms. The maximum absolute atomic E-state index is 6.62. The van der Waals surface area contributed by atoms with E-state index in [1.54, 1.807) is 0 Å². The Morgan fingerprint density at radius 3 is 1.57 bits per heavy atom. The van der Waals surface area contributed by atoms with Gasteiger partial charge in [-0.3, -0.25) is 0 Å². The SMILES string of the molecule is c1ccc(-c2cccc(-c3nc(-c4ccc5c(c4)oc4ccccc45)nc(-c4ccc5c(c4)oc4ccc(-c6cccc7c8ccccc8n(-c8ccccc8)c67)cc45)n3)c2)cc1. The molecular weight excluding hydrogens is 773 g/mol. The summed E-state index contributed by atoms with van der Waals surface area (Å²) in [7, 11) is 0. The molecule has 13 aromatic rings. The lowest BCUT2D eigenvalue weighted by Crippen LogP contribution is -2.00. The molecule has 9 aromatic carbocycles. The number of hydrogen-bond acceptors (Lipinski definition) is 5. The molecule has 0 unspecified atom stereocenters. The third kappa shape index (κ3) is 5.76. The molecule has 0 fully saturated rings. The van der Waals surface area contributed by atoms with Gasteiger partial charge in [-0.15, -0.1) is 0 Å². The molecule has 0 aliphatic carbocycles. The normalized spacial score (nSPS) is 11.8. The van der Waals surface area contributed by atoms with E-state index in [1.165, 1.54) is 21.8 Å². The Morgan fingerprint density at radius 1 is 0.302 bits per heavy atom. The van der Waals surface area contributed by atoms with Crippen LogP contribution in [0.4, 0.5) is 0 Å². The molecule has 0 N–H and O–H groups in total. The van der Waals surface area contributed by atoms with E-state index < -0.39 is 0 Å². The van der Waals surface area contributed by atoms with Crippen LogP contribution in [0.2, 0.25) is 0 Å². The molecular formula is C57H34N4O2. The Labute approximate surface area is 361 Å². The lowest BCUT2D eigenvalue weighted by atomic mass is 9.99. The maximum atomic E-state index is 6.62. The largest absolute Gasteiger partial charge is 0.456 e. The fourth-order valence-electron chi connectivity index (χ4n) is 9.28. The summed E-state index contributed by atoms with van der Waals surface area (Å²) in [5, 5.41) is 6.63. The minimum absolute atomic E-state index is 0.549. The highest BCUT2D eigenvalue weighted by Crippen LogP contribution is 2.41. The number of rotatable bonds is 6. The minimum Gasteiger partial charge on any atom is -0.456 e. The van der Waals surface area contributed by atoms with Crippen LogP contribution < -0.4 is 0 Å². The van der Waals surface area contributed by atoms with Gasteiger partial charge in [-0.2, -0.15) is 0 Å². The van der Waals surface area contributed by atoms with Gasteiger partial charge in [-0.05, 0) is 83.4 Å². The van der Waals surface area contributed by atoms with Crippen molar-refractivity contribution in [2.75, 3.05) is 0 Å². The van der Waals surface area contributed by atoms with Gasteiger partial charge in [0.2, 0.25) is 0 Å². The van der Waals surface area contributed by atoms with Crippen LogP contribution in [0.1, 0.15) is 0 Å². The van der Waals surface area contributed by atoms with Crippen molar-refractivity contribution in [1.29, 1.82) is 0 Å². The van der Waals surface area contributed by atoms with Gasteiger partial charge in [-0.25, -0.2) is 15.0 Å². The van der Waals surface area contributed by atoms with Crippen LogP contribution in [0.25, 0.3) is 128 Å². The molecule has 0 atom stereocenters. The van der Waals surface area contributed by atoms with Gasteiger partial charge in [0.25, 0.3) is 0 Å². The first-order valence-corrected chi connectivity index (χ1v) is 21.1. The third-order valence-corrected chi connectivity index (χ3v) is 12.2. The molecule has 0 saturated heterocycles. The van der Waals surface area contributed by atoms with Crippen molar-refractivity contribution in [2.45, 2.75) is 0 Å².